The number of hydrogen-bond acceptors (Lipinski definition) is 3. The van der Waals surface area contributed by atoms with E-state index in [1.165, 1.54) is 4.88 Å². The van der Waals surface area contributed by atoms with E-state index in [4.69, 9.17) is 11.2 Å². The van der Waals surface area contributed by atoms with Crippen molar-refractivity contribution in [3.8, 4) is 17.4 Å². The van der Waals surface area contributed by atoms with Crippen LogP contribution in [0.5, 0.6) is 5.06 Å². The highest BCUT2D eigenvalue weighted by Gasteiger charge is 2.08. The van der Waals surface area contributed by atoms with E-state index in [1.54, 1.807) is 18.4 Å². The maximum Gasteiger partial charge on any atom is 0.188 e. The van der Waals surface area contributed by atoms with Gasteiger partial charge in [-0.05, 0) is 28.4 Å². The summed E-state index contributed by atoms with van der Waals surface area (Å²) in [6.45, 7) is 2.98. The van der Waals surface area contributed by atoms with Crippen LogP contribution in [0.3, 0.4) is 0 Å². The molecular formula is C12H16BrNOS. The fraction of sp³-hybridized carbons (Fsp3) is 0.500. The van der Waals surface area contributed by atoms with Gasteiger partial charge in [-0.2, -0.15) is 0 Å². The van der Waals surface area contributed by atoms with Gasteiger partial charge in [0.05, 0.1) is 11.6 Å². The third kappa shape index (κ3) is 3.82. The first kappa shape index (κ1) is 13.6. The quantitative estimate of drug-likeness (QED) is 0.813. The van der Waals surface area contributed by atoms with Crippen LogP contribution in [0.1, 0.15) is 24.6 Å². The molecular weight excluding hydrogens is 286 g/mol. The van der Waals surface area contributed by atoms with Crippen molar-refractivity contribution in [3.05, 3.63) is 15.4 Å². The lowest BCUT2D eigenvalue weighted by atomic mass is 10.1. The van der Waals surface area contributed by atoms with Crippen LogP contribution in [0, 0.1) is 12.3 Å². The van der Waals surface area contributed by atoms with Crippen LogP contribution in [-0.2, 0) is 6.54 Å². The lowest BCUT2D eigenvalue weighted by Crippen LogP contribution is -2.26. The molecule has 16 heavy (non-hydrogen) atoms. The SMILES string of the molecule is C#CCC(CC)NCc1cc(Br)c(OC)s1. The molecule has 2 nitrogen and oxygen atoms in total. The van der Waals surface area contributed by atoms with Crippen molar-refractivity contribution in [1.82, 2.24) is 5.32 Å². The number of nitrogens with one attached hydrogen (secondary N) is 1. The van der Waals surface area contributed by atoms with Crippen LogP contribution < -0.4 is 10.1 Å². The van der Waals surface area contributed by atoms with E-state index in [1.807, 2.05) is 0 Å². The molecule has 4 heteroatoms. The minimum Gasteiger partial charge on any atom is -0.486 e. The molecule has 0 spiro atoms. The molecule has 0 amide bonds. The molecule has 1 aromatic heterocycles. The topological polar surface area (TPSA) is 21.3 Å². The van der Waals surface area contributed by atoms with Gasteiger partial charge >= 0.3 is 0 Å². The summed E-state index contributed by atoms with van der Waals surface area (Å²) in [4.78, 5) is 1.25. The molecule has 0 aliphatic heterocycles. The summed E-state index contributed by atoms with van der Waals surface area (Å²) < 4.78 is 6.23. The third-order valence-corrected chi connectivity index (χ3v) is 4.26. The van der Waals surface area contributed by atoms with Gasteiger partial charge in [0, 0.05) is 23.9 Å². The zero-order chi connectivity index (χ0) is 12.0. The molecule has 0 aromatic carbocycles. The molecule has 0 fully saturated rings. The fourth-order valence-electron chi connectivity index (χ4n) is 1.37. The molecule has 1 aromatic rings. The van der Waals surface area contributed by atoms with E-state index in [0.717, 1.165) is 28.9 Å². The zero-order valence-electron chi connectivity index (χ0n) is 9.55. The summed E-state index contributed by atoms with van der Waals surface area (Å²) in [6, 6.07) is 2.48. The molecule has 0 aliphatic carbocycles. The number of methoxy groups -OCH3 is 1. The fourth-order valence-corrected chi connectivity index (χ4v) is 3.01. The Bertz CT molecular complexity index is 370. The van der Waals surface area contributed by atoms with Crippen molar-refractivity contribution in [1.29, 1.82) is 0 Å². The molecule has 0 bridgehead atoms. The standard InChI is InChI=1S/C12H16BrNOS/c1-4-6-9(5-2)14-8-10-7-11(13)12(15-3)16-10/h1,7,9,14H,5-6,8H2,2-3H3. The third-order valence-electron chi connectivity index (χ3n) is 2.31. The minimum atomic E-state index is 0.400. The van der Waals surface area contributed by atoms with Gasteiger partial charge in [-0.25, -0.2) is 0 Å². The smallest absolute Gasteiger partial charge is 0.188 e. The number of halogens is 1. The number of thiophene rings is 1. The second-order valence-corrected chi connectivity index (χ2v) is 5.40. The summed E-state index contributed by atoms with van der Waals surface area (Å²) in [5, 5.41) is 4.36. The van der Waals surface area contributed by atoms with Crippen LogP contribution in [0.2, 0.25) is 0 Å². The van der Waals surface area contributed by atoms with Gasteiger partial charge in [-0.15, -0.1) is 23.7 Å². The lowest BCUT2D eigenvalue weighted by Gasteiger charge is -2.12. The molecule has 0 saturated heterocycles. The molecule has 1 heterocycles. The van der Waals surface area contributed by atoms with Crippen molar-refractivity contribution in [2.75, 3.05) is 7.11 Å². The summed E-state index contributed by atoms with van der Waals surface area (Å²) in [7, 11) is 1.68. The summed E-state index contributed by atoms with van der Waals surface area (Å²) in [5.74, 6) is 2.69. The average molecular weight is 302 g/mol. The van der Waals surface area contributed by atoms with E-state index in [0.29, 0.717) is 6.04 Å². The highest BCUT2D eigenvalue weighted by molar-refractivity contribution is 9.10. The molecule has 1 N–H and O–H groups in total. The van der Waals surface area contributed by atoms with Crippen molar-refractivity contribution >= 4 is 27.3 Å². The highest BCUT2D eigenvalue weighted by atomic mass is 79.9. The zero-order valence-corrected chi connectivity index (χ0v) is 12.0. The largest absolute Gasteiger partial charge is 0.486 e. The van der Waals surface area contributed by atoms with Crippen LogP contribution >= 0.6 is 27.3 Å². The first-order chi connectivity index (χ1) is 7.71. The Balaban J connectivity index is 2.50. The van der Waals surface area contributed by atoms with Crippen molar-refractivity contribution < 1.29 is 4.74 Å². The first-order valence-electron chi connectivity index (χ1n) is 5.20. The van der Waals surface area contributed by atoms with Gasteiger partial charge < -0.3 is 10.1 Å². The van der Waals surface area contributed by atoms with E-state index < -0.39 is 0 Å². The van der Waals surface area contributed by atoms with Crippen LogP contribution in [0.15, 0.2) is 10.5 Å². The monoisotopic (exact) mass is 301 g/mol. The predicted molar refractivity (Wildman–Crippen MR) is 72.9 cm³/mol. The molecule has 0 radical (unpaired) electrons. The predicted octanol–water partition coefficient (Wildman–Crippen LogP) is 3.41. The lowest BCUT2D eigenvalue weighted by molar-refractivity contribution is 0.425. The molecule has 0 aliphatic rings. The molecule has 0 saturated carbocycles. The van der Waals surface area contributed by atoms with Crippen LogP contribution in [-0.4, -0.2) is 13.2 Å². The van der Waals surface area contributed by atoms with Gasteiger partial charge in [0.15, 0.2) is 5.06 Å². The maximum atomic E-state index is 5.31. The normalized spacial score (nSPS) is 12.1. The van der Waals surface area contributed by atoms with Crippen molar-refractivity contribution in [3.63, 3.8) is 0 Å². The Morgan fingerprint density at radius 1 is 1.69 bits per heavy atom. The number of terminal acetylenes is 1. The summed E-state index contributed by atoms with van der Waals surface area (Å²) >= 11 is 5.10. The first-order valence-corrected chi connectivity index (χ1v) is 6.81. The Morgan fingerprint density at radius 3 is 2.94 bits per heavy atom. The molecule has 1 rings (SSSR count). The van der Waals surface area contributed by atoms with Gasteiger partial charge in [0.2, 0.25) is 0 Å². The summed E-state index contributed by atoms with van der Waals surface area (Å²) in [5.41, 5.74) is 0. The Hall–Kier alpha value is -0.500. The Labute approximate surface area is 110 Å². The van der Waals surface area contributed by atoms with E-state index in [-0.39, 0.29) is 0 Å². The van der Waals surface area contributed by atoms with Gasteiger partial charge in [-0.1, -0.05) is 6.92 Å². The van der Waals surface area contributed by atoms with Crippen LogP contribution in [0.25, 0.3) is 0 Å². The number of hydrogen-bond donors (Lipinski definition) is 1. The molecule has 1 unspecified atom stereocenters. The molecule has 88 valence electrons. The van der Waals surface area contributed by atoms with E-state index in [2.05, 4.69) is 40.2 Å². The van der Waals surface area contributed by atoms with Crippen LogP contribution in [0.4, 0.5) is 0 Å². The Kier molecular flexibility index (Phi) is 5.89. The number of ether oxygens (including phenoxy) is 1. The van der Waals surface area contributed by atoms with Gasteiger partial charge in [0.1, 0.15) is 0 Å². The van der Waals surface area contributed by atoms with E-state index in [9.17, 15) is 0 Å². The maximum absolute atomic E-state index is 5.31. The molecule has 1 atom stereocenters. The van der Waals surface area contributed by atoms with Crippen molar-refractivity contribution in [2.45, 2.75) is 32.4 Å². The van der Waals surface area contributed by atoms with Gasteiger partial charge in [-0.3, -0.25) is 0 Å². The average Bonchev–Trinajstić information content (AvgIpc) is 2.65. The summed E-state index contributed by atoms with van der Waals surface area (Å²) in [6.07, 6.45) is 7.14. The Morgan fingerprint density at radius 2 is 2.44 bits per heavy atom. The minimum absolute atomic E-state index is 0.400. The van der Waals surface area contributed by atoms with Gasteiger partial charge in [0.25, 0.3) is 0 Å². The second-order valence-electron chi connectivity index (χ2n) is 3.45. The van der Waals surface area contributed by atoms with Crippen molar-refractivity contribution in [2.24, 2.45) is 0 Å². The second kappa shape index (κ2) is 6.95. The van der Waals surface area contributed by atoms with E-state index >= 15 is 0 Å². The number of rotatable bonds is 6. The highest BCUT2D eigenvalue weighted by Crippen LogP contribution is 2.34.